The third-order valence-electron chi connectivity index (χ3n) is 3.09. The van der Waals surface area contributed by atoms with E-state index in [1.165, 1.54) is 0 Å². The summed E-state index contributed by atoms with van der Waals surface area (Å²) in [5, 5.41) is -0.372. The highest BCUT2D eigenvalue weighted by Gasteiger charge is 2.31. The van der Waals surface area contributed by atoms with Crippen molar-refractivity contribution in [3.63, 3.8) is 0 Å². The molecule has 0 radical (unpaired) electrons. The molecule has 1 aliphatic heterocycles. The number of hydrogen-bond donors (Lipinski definition) is 1. The van der Waals surface area contributed by atoms with E-state index >= 15 is 0 Å². The molecule has 16 heavy (non-hydrogen) atoms. The summed E-state index contributed by atoms with van der Waals surface area (Å²) in [4.78, 5) is 3.98. The van der Waals surface area contributed by atoms with Gasteiger partial charge in [0, 0.05) is 18.9 Å². The zero-order chi connectivity index (χ0) is 11.6. The first-order valence-electron chi connectivity index (χ1n) is 5.49. The maximum atomic E-state index is 12.0. The Bertz CT molecular complexity index is 471. The van der Waals surface area contributed by atoms with Crippen molar-refractivity contribution < 1.29 is 8.42 Å². The molecule has 1 atom stereocenters. The Morgan fingerprint density at radius 1 is 1.44 bits per heavy atom. The number of nitrogens with two attached hydrogens (primary N) is 1. The van der Waals surface area contributed by atoms with E-state index in [0.29, 0.717) is 18.7 Å². The summed E-state index contributed by atoms with van der Waals surface area (Å²) in [5.74, 6) is 0.296. The van der Waals surface area contributed by atoms with Gasteiger partial charge in [-0.25, -0.2) is 8.42 Å². The molecule has 0 bridgehead atoms. The lowest BCUT2D eigenvalue weighted by molar-refractivity contribution is 0.545. The second kappa shape index (κ2) is 4.51. The van der Waals surface area contributed by atoms with E-state index in [1.54, 1.807) is 18.5 Å². The predicted molar refractivity (Wildman–Crippen MR) is 62.5 cm³/mol. The molecular formula is C11H16N2O2S. The number of aromatic nitrogens is 1. The highest BCUT2D eigenvalue weighted by atomic mass is 32.2. The lowest BCUT2D eigenvalue weighted by atomic mass is 10.0. The average molecular weight is 240 g/mol. The Labute approximate surface area is 95.8 Å². The van der Waals surface area contributed by atoms with Gasteiger partial charge in [0.05, 0.1) is 11.0 Å². The van der Waals surface area contributed by atoms with E-state index in [4.69, 9.17) is 5.73 Å². The first-order chi connectivity index (χ1) is 7.65. The van der Waals surface area contributed by atoms with Crippen LogP contribution in [0.15, 0.2) is 18.5 Å². The summed E-state index contributed by atoms with van der Waals surface area (Å²) in [6.07, 6.45) is 5.76. The summed E-state index contributed by atoms with van der Waals surface area (Å²) in [6, 6.07) is 1.79. The lowest BCUT2D eigenvalue weighted by Gasteiger charge is -2.24. The number of nitrogens with zero attached hydrogens (tertiary/aromatic N) is 1. The Hall–Kier alpha value is -0.940. The van der Waals surface area contributed by atoms with Gasteiger partial charge in [-0.05, 0) is 30.0 Å². The maximum absolute atomic E-state index is 12.0. The largest absolute Gasteiger partial charge is 0.326 e. The molecular weight excluding hydrogens is 224 g/mol. The van der Waals surface area contributed by atoms with Gasteiger partial charge in [0.25, 0.3) is 0 Å². The molecule has 1 fully saturated rings. The molecule has 1 aromatic rings. The van der Waals surface area contributed by atoms with E-state index in [-0.39, 0.29) is 5.25 Å². The third-order valence-corrected chi connectivity index (χ3v) is 5.30. The minimum atomic E-state index is -2.99. The molecule has 0 amide bonds. The van der Waals surface area contributed by atoms with E-state index in [1.807, 2.05) is 0 Å². The molecule has 5 heteroatoms. The van der Waals surface area contributed by atoms with Crippen LogP contribution in [0.1, 0.15) is 35.6 Å². The Kier molecular flexibility index (Phi) is 3.25. The van der Waals surface area contributed by atoms with Crippen molar-refractivity contribution in [2.45, 2.75) is 31.1 Å². The van der Waals surface area contributed by atoms with Crippen LogP contribution in [-0.4, -0.2) is 19.2 Å². The Morgan fingerprint density at radius 2 is 2.25 bits per heavy atom. The van der Waals surface area contributed by atoms with Gasteiger partial charge in [-0.15, -0.1) is 0 Å². The fourth-order valence-electron chi connectivity index (χ4n) is 2.23. The van der Waals surface area contributed by atoms with E-state index in [0.717, 1.165) is 24.0 Å². The van der Waals surface area contributed by atoms with Crippen LogP contribution < -0.4 is 5.73 Å². The zero-order valence-corrected chi connectivity index (χ0v) is 9.91. The lowest BCUT2D eigenvalue weighted by Crippen LogP contribution is -2.23. The number of pyridine rings is 1. The molecule has 1 unspecified atom stereocenters. The van der Waals surface area contributed by atoms with E-state index in [2.05, 4.69) is 4.98 Å². The van der Waals surface area contributed by atoms with E-state index < -0.39 is 9.84 Å². The van der Waals surface area contributed by atoms with Gasteiger partial charge in [0.15, 0.2) is 9.84 Å². The molecule has 2 N–H and O–H groups in total. The highest BCUT2D eigenvalue weighted by Crippen LogP contribution is 2.34. The Balaban J connectivity index is 2.42. The SMILES string of the molecule is NCc1cnccc1C1CCCCS1(=O)=O. The van der Waals surface area contributed by atoms with Crippen LogP contribution in [0.3, 0.4) is 0 Å². The van der Waals surface area contributed by atoms with Crippen LogP contribution in [0, 0.1) is 0 Å². The van der Waals surface area contributed by atoms with E-state index in [9.17, 15) is 8.42 Å². The van der Waals surface area contributed by atoms with Crippen molar-refractivity contribution in [3.05, 3.63) is 29.6 Å². The standard InChI is InChI=1S/C11H16N2O2S/c12-7-9-8-13-5-4-10(9)11-3-1-2-6-16(11,14)15/h4-5,8,11H,1-3,6-7,12H2. The van der Waals surface area contributed by atoms with Gasteiger partial charge in [-0.3, -0.25) is 4.98 Å². The van der Waals surface area contributed by atoms with Crippen molar-refractivity contribution in [3.8, 4) is 0 Å². The van der Waals surface area contributed by atoms with Gasteiger partial charge in [-0.2, -0.15) is 0 Å². The number of rotatable bonds is 2. The van der Waals surface area contributed by atoms with Crippen molar-refractivity contribution in [2.24, 2.45) is 5.73 Å². The molecule has 0 saturated carbocycles. The summed E-state index contributed by atoms with van der Waals surface area (Å²) >= 11 is 0. The summed E-state index contributed by atoms with van der Waals surface area (Å²) in [5.41, 5.74) is 7.30. The maximum Gasteiger partial charge on any atom is 0.157 e. The van der Waals surface area contributed by atoms with Gasteiger partial charge in [0.2, 0.25) is 0 Å². The molecule has 4 nitrogen and oxygen atoms in total. The van der Waals surface area contributed by atoms with Crippen LogP contribution >= 0.6 is 0 Å². The van der Waals surface area contributed by atoms with Gasteiger partial charge < -0.3 is 5.73 Å². The van der Waals surface area contributed by atoms with Gasteiger partial charge in [-0.1, -0.05) is 6.42 Å². The number of hydrogen-bond acceptors (Lipinski definition) is 4. The smallest absolute Gasteiger partial charge is 0.157 e. The first-order valence-corrected chi connectivity index (χ1v) is 7.21. The molecule has 2 rings (SSSR count). The second-order valence-corrected chi connectivity index (χ2v) is 6.43. The van der Waals surface area contributed by atoms with Crippen LogP contribution in [0.25, 0.3) is 0 Å². The third kappa shape index (κ3) is 2.10. The number of sulfone groups is 1. The van der Waals surface area contributed by atoms with Crippen LogP contribution in [0.4, 0.5) is 0 Å². The molecule has 2 heterocycles. The minimum absolute atomic E-state index is 0.296. The molecule has 0 aliphatic carbocycles. The molecule has 0 aromatic carbocycles. The summed E-state index contributed by atoms with van der Waals surface area (Å²) in [7, 11) is -2.99. The Morgan fingerprint density at radius 3 is 2.94 bits per heavy atom. The van der Waals surface area contributed by atoms with Crippen LogP contribution in [-0.2, 0) is 16.4 Å². The van der Waals surface area contributed by atoms with Crippen LogP contribution in [0.2, 0.25) is 0 Å². The molecule has 1 aromatic heterocycles. The fraction of sp³-hybridized carbons (Fsp3) is 0.545. The van der Waals surface area contributed by atoms with Crippen molar-refractivity contribution >= 4 is 9.84 Å². The monoisotopic (exact) mass is 240 g/mol. The molecule has 1 saturated heterocycles. The summed E-state index contributed by atoms with van der Waals surface area (Å²) < 4.78 is 24.0. The predicted octanol–water partition coefficient (Wildman–Crippen LogP) is 1.18. The summed E-state index contributed by atoms with van der Waals surface area (Å²) in [6.45, 7) is 0.342. The van der Waals surface area contributed by atoms with Gasteiger partial charge in [0.1, 0.15) is 0 Å². The highest BCUT2D eigenvalue weighted by molar-refractivity contribution is 7.91. The average Bonchev–Trinajstić information content (AvgIpc) is 2.28. The fourth-order valence-corrected chi connectivity index (χ4v) is 4.26. The van der Waals surface area contributed by atoms with Crippen LogP contribution in [0.5, 0.6) is 0 Å². The van der Waals surface area contributed by atoms with Crippen molar-refractivity contribution in [1.29, 1.82) is 0 Å². The zero-order valence-electron chi connectivity index (χ0n) is 9.09. The molecule has 88 valence electrons. The van der Waals surface area contributed by atoms with Crippen molar-refractivity contribution in [2.75, 3.05) is 5.75 Å². The molecule has 0 spiro atoms. The normalized spacial score (nSPS) is 24.2. The quantitative estimate of drug-likeness (QED) is 0.842. The van der Waals surface area contributed by atoms with Gasteiger partial charge >= 0.3 is 0 Å². The second-order valence-electron chi connectivity index (χ2n) is 4.13. The topological polar surface area (TPSA) is 73.0 Å². The minimum Gasteiger partial charge on any atom is -0.326 e. The first kappa shape index (κ1) is 11.5. The molecule has 1 aliphatic rings. The van der Waals surface area contributed by atoms with Crippen molar-refractivity contribution in [1.82, 2.24) is 4.98 Å².